The first-order chi connectivity index (χ1) is 6.29. The molecule has 0 spiro atoms. The van der Waals surface area contributed by atoms with Gasteiger partial charge in [-0.2, -0.15) is 0 Å². The van der Waals surface area contributed by atoms with Crippen LogP contribution in [-0.4, -0.2) is 9.97 Å². The summed E-state index contributed by atoms with van der Waals surface area (Å²) in [6.45, 7) is 4.54. The lowest BCUT2D eigenvalue weighted by atomic mass is 9.82. The van der Waals surface area contributed by atoms with Crippen LogP contribution in [0.4, 0.5) is 0 Å². The van der Waals surface area contributed by atoms with Crippen LogP contribution in [0.15, 0.2) is 12.4 Å². The van der Waals surface area contributed by atoms with E-state index in [0.717, 1.165) is 6.42 Å². The summed E-state index contributed by atoms with van der Waals surface area (Å²) in [6.07, 6.45) is 7.30. The number of nitrogens with zero attached hydrogens (tertiary/aromatic N) is 2. The van der Waals surface area contributed by atoms with Crippen LogP contribution in [-0.2, 0) is 6.42 Å². The third-order valence-electron chi connectivity index (χ3n) is 2.89. The predicted molar refractivity (Wildman–Crippen MR) is 52.5 cm³/mol. The van der Waals surface area contributed by atoms with Crippen molar-refractivity contribution in [3.63, 3.8) is 0 Å². The minimum atomic E-state index is 0.637. The van der Waals surface area contributed by atoms with Crippen molar-refractivity contribution < 1.29 is 0 Å². The summed E-state index contributed by atoms with van der Waals surface area (Å²) < 4.78 is 0. The molecule has 0 saturated carbocycles. The normalized spacial score (nSPS) is 21.6. The summed E-state index contributed by atoms with van der Waals surface area (Å²) in [5, 5.41) is 0. The number of aryl methyl sites for hydroxylation is 1. The zero-order valence-corrected chi connectivity index (χ0v) is 8.33. The Morgan fingerprint density at radius 3 is 2.85 bits per heavy atom. The lowest BCUT2D eigenvalue weighted by molar-refractivity contribution is 0.418. The van der Waals surface area contributed by atoms with Crippen molar-refractivity contribution >= 4 is 0 Å². The average molecular weight is 176 g/mol. The second-order valence-corrected chi connectivity index (χ2v) is 4.13. The highest BCUT2D eigenvalue weighted by Gasteiger charge is 2.24. The van der Waals surface area contributed by atoms with E-state index in [-0.39, 0.29) is 0 Å². The molecule has 2 heteroatoms. The van der Waals surface area contributed by atoms with Gasteiger partial charge in [-0.3, -0.25) is 9.97 Å². The Labute approximate surface area is 79.4 Å². The van der Waals surface area contributed by atoms with Gasteiger partial charge in [0.25, 0.3) is 0 Å². The third-order valence-corrected chi connectivity index (χ3v) is 2.89. The van der Waals surface area contributed by atoms with Crippen LogP contribution in [0.3, 0.4) is 0 Å². The Morgan fingerprint density at radius 2 is 2.08 bits per heavy atom. The highest BCUT2D eigenvalue weighted by atomic mass is 14.8. The SMILES string of the molecule is CC(C)C1CCCc2nccnc21. The fourth-order valence-electron chi connectivity index (χ4n) is 2.16. The van der Waals surface area contributed by atoms with Gasteiger partial charge in [0.1, 0.15) is 0 Å². The fraction of sp³-hybridized carbons (Fsp3) is 0.636. The van der Waals surface area contributed by atoms with Crippen LogP contribution >= 0.6 is 0 Å². The molecule has 1 heterocycles. The van der Waals surface area contributed by atoms with Gasteiger partial charge >= 0.3 is 0 Å². The van der Waals surface area contributed by atoms with Gasteiger partial charge in [0.2, 0.25) is 0 Å². The summed E-state index contributed by atoms with van der Waals surface area (Å²) in [4.78, 5) is 8.85. The van der Waals surface area contributed by atoms with Crippen molar-refractivity contribution in [3.8, 4) is 0 Å². The van der Waals surface area contributed by atoms with Crippen molar-refractivity contribution in [1.29, 1.82) is 0 Å². The first kappa shape index (κ1) is 8.67. The van der Waals surface area contributed by atoms with Crippen molar-refractivity contribution in [2.24, 2.45) is 5.92 Å². The molecular weight excluding hydrogens is 160 g/mol. The van der Waals surface area contributed by atoms with E-state index >= 15 is 0 Å². The van der Waals surface area contributed by atoms with E-state index < -0.39 is 0 Å². The highest BCUT2D eigenvalue weighted by molar-refractivity contribution is 5.19. The lowest BCUT2D eigenvalue weighted by Crippen LogP contribution is -2.17. The van der Waals surface area contributed by atoms with Crippen LogP contribution in [0.1, 0.15) is 44.0 Å². The first-order valence-electron chi connectivity index (χ1n) is 5.09. The Hall–Kier alpha value is -0.920. The van der Waals surface area contributed by atoms with Crippen molar-refractivity contribution in [2.75, 3.05) is 0 Å². The fourth-order valence-corrected chi connectivity index (χ4v) is 2.16. The largest absolute Gasteiger partial charge is 0.258 e. The third kappa shape index (κ3) is 1.58. The Kier molecular flexibility index (Phi) is 2.30. The zero-order valence-electron chi connectivity index (χ0n) is 8.33. The number of hydrogen-bond donors (Lipinski definition) is 0. The van der Waals surface area contributed by atoms with Crippen molar-refractivity contribution in [3.05, 3.63) is 23.8 Å². The minimum absolute atomic E-state index is 0.637. The number of fused-ring (bicyclic) bond motifs is 1. The molecule has 0 amide bonds. The van der Waals surface area contributed by atoms with E-state index in [0.29, 0.717) is 11.8 Å². The maximum atomic E-state index is 4.46. The van der Waals surface area contributed by atoms with Gasteiger partial charge in [0.15, 0.2) is 0 Å². The van der Waals surface area contributed by atoms with Crippen LogP contribution in [0, 0.1) is 5.92 Å². The van der Waals surface area contributed by atoms with Crippen LogP contribution in [0.25, 0.3) is 0 Å². The van der Waals surface area contributed by atoms with Gasteiger partial charge in [0, 0.05) is 18.3 Å². The topological polar surface area (TPSA) is 25.8 Å². The number of hydrogen-bond acceptors (Lipinski definition) is 2. The molecule has 0 fully saturated rings. The number of aromatic nitrogens is 2. The quantitative estimate of drug-likeness (QED) is 0.657. The van der Waals surface area contributed by atoms with Gasteiger partial charge < -0.3 is 0 Å². The molecule has 0 radical (unpaired) electrons. The molecule has 0 aromatic carbocycles. The standard InChI is InChI=1S/C11H16N2/c1-8(2)9-4-3-5-10-11(9)13-7-6-12-10/h6-9H,3-5H2,1-2H3. The lowest BCUT2D eigenvalue weighted by Gasteiger charge is -2.26. The monoisotopic (exact) mass is 176 g/mol. The molecule has 1 aliphatic carbocycles. The summed E-state index contributed by atoms with van der Waals surface area (Å²) in [6, 6.07) is 0. The summed E-state index contributed by atoms with van der Waals surface area (Å²) in [7, 11) is 0. The average Bonchev–Trinajstić information content (AvgIpc) is 2.17. The summed E-state index contributed by atoms with van der Waals surface area (Å²) in [5.41, 5.74) is 2.48. The number of rotatable bonds is 1. The minimum Gasteiger partial charge on any atom is -0.258 e. The van der Waals surface area contributed by atoms with Gasteiger partial charge in [-0.05, 0) is 25.2 Å². The zero-order chi connectivity index (χ0) is 9.26. The second-order valence-electron chi connectivity index (χ2n) is 4.13. The van der Waals surface area contributed by atoms with Gasteiger partial charge in [-0.1, -0.05) is 13.8 Å². The molecule has 1 unspecified atom stereocenters. The molecule has 2 rings (SSSR count). The van der Waals surface area contributed by atoms with E-state index in [9.17, 15) is 0 Å². The molecule has 70 valence electrons. The molecule has 0 aliphatic heterocycles. The Morgan fingerprint density at radius 1 is 1.31 bits per heavy atom. The van der Waals surface area contributed by atoms with Crippen molar-refractivity contribution in [1.82, 2.24) is 9.97 Å². The van der Waals surface area contributed by atoms with Crippen molar-refractivity contribution in [2.45, 2.75) is 39.0 Å². The molecule has 2 nitrogen and oxygen atoms in total. The van der Waals surface area contributed by atoms with E-state index in [2.05, 4.69) is 23.8 Å². The molecule has 13 heavy (non-hydrogen) atoms. The van der Waals surface area contributed by atoms with E-state index in [4.69, 9.17) is 0 Å². The Bertz CT molecular complexity index is 294. The van der Waals surface area contributed by atoms with Gasteiger partial charge in [-0.25, -0.2) is 0 Å². The first-order valence-corrected chi connectivity index (χ1v) is 5.09. The maximum Gasteiger partial charge on any atom is 0.0652 e. The summed E-state index contributed by atoms with van der Waals surface area (Å²) in [5.74, 6) is 1.33. The smallest absolute Gasteiger partial charge is 0.0652 e. The molecule has 1 aromatic heterocycles. The van der Waals surface area contributed by atoms with Gasteiger partial charge in [0.05, 0.1) is 11.4 Å². The van der Waals surface area contributed by atoms with Crippen LogP contribution in [0.2, 0.25) is 0 Å². The van der Waals surface area contributed by atoms with E-state index in [1.807, 2.05) is 12.4 Å². The molecule has 1 atom stereocenters. The molecule has 1 aliphatic rings. The van der Waals surface area contributed by atoms with Gasteiger partial charge in [-0.15, -0.1) is 0 Å². The molecule has 1 aromatic rings. The molecule has 0 N–H and O–H groups in total. The molecular formula is C11H16N2. The van der Waals surface area contributed by atoms with E-state index in [1.54, 1.807) is 0 Å². The molecule has 0 saturated heterocycles. The highest BCUT2D eigenvalue weighted by Crippen LogP contribution is 2.33. The summed E-state index contributed by atoms with van der Waals surface area (Å²) >= 11 is 0. The predicted octanol–water partition coefficient (Wildman–Crippen LogP) is 2.55. The maximum absolute atomic E-state index is 4.46. The van der Waals surface area contributed by atoms with Crippen LogP contribution in [0.5, 0.6) is 0 Å². The Balaban J connectivity index is 2.37. The molecule has 0 bridgehead atoms. The van der Waals surface area contributed by atoms with E-state index in [1.165, 1.54) is 24.2 Å². The van der Waals surface area contributed by atoms with Crippen LogP contribution < -0.4 is 0 Å². The second kappa shape index (κ2) is 3.44.